The SMILES string of the molecule is COc1cccc([C@@H]2[NH2+][C@@H](C(=O)[O-])Cc3c2[nH]c2ccccc32)c1. The van der Waals surface area contributed by atoms with Crippen molar-refractivity contribution in [2.75, 3.05) is 7.11 Å². The molecule has 5 heteroatoms. The summed E-state index contributed by atoms with van der Waals surface area (Å²) in [4.78, 5) is 15.0. The fraction of sp³-hybridized carbons (Fsp3) is 0.211. The third-order valence-electron chi connectivity index (χ3n) is 4.76. The van der Waals surface area contributed by atoms with Crippen LogP contribution in [0.5, 0.6) is 5.75 Å². The van der Waals surface area contributed by atoms with Crippen LogP contribution in [-0.2, 0) is 11.2 Å². The number of carbonyl (C=O) groups excluding carboxylic acids is 1. The molecule has 3 N–H and O–H groups in total. The van der Waals surface area contributed by atoms with E-state index in [4.69, 9.17) is 4.74 Å². The van der Waals surface area contributed by atoms with Gasteiger partial charge >= 0.3 is 0 Å². The molecule has 122 valence electrons. The van der Waals surface area contributed by atoms with Gasteiger partial charge in [0.15, 0.2) is 6.04 Å². The van der Waals surface area contributed by atoms with E-state index in [2.05, 4.69) is 4.98 Å². The summed E-state index contributed by atoms with van der Waals surface area (Å²) < 4.78 is 5.31. The number of carboxylic acids is 1. The number of hydrogen-bond acceptors (Lipinski definition) is 3. The van der Waals surface area contributed by atoms with Gasteiger partial charge in [-0.1, -0.05) is 30.3 Å². The molecule has 2 aromatic carbocycles. The molecule has 0 unspecified atom stereocenters. The number of quaternary nitrogens is 1. The van der Waals surface area contributed by atoms with Crippen molar-refractivity contribution < 1.29 is 20.0 Å². The predicted octanol–water partition coefficient (Wildman–Crippen LogP) is 0.504. The van der Waals surface area contributed by atoms with Crippen LogP contribution in [0.1, 0.15) is 22.9 Å². The second-order valence-corrected chi connectivity index (χ2v) is 6.14. The third-order valence-corrected chi connectivity index (χ3v) is 4.76. The van der Waals surface area contributed by atoms with Crippen LogP contribution in [0.3, 0.4) is 0 Å². The monoisotopic (exact) mass is 322 g/mol. The Kier molecular flexibility index (Phi) is 3.50. The lowest BCUT2D eigenvalue weighted by Gasteiger charge is -2.29. The molecule has 0 aliphatic carbocycles. The van der Waals surface area contributed by atoms with Crippen molar-refractivity contribution >= 4 is 16.9 Å². The Morgan fingerprint density at radius 2 is 2.08 bits per heavy atom. The molecule has 0 radical (unpaired) electrons. The predicted molar refractivity (Wildman–Crippen MR) is 87.6 cm³/mol. The highest BCUT2D eigenvalue weighted by atomic mass is 16.5. The lowest BCUT2D eigenvalue weighted by molar-refractivity contribution is -0.717. The van der Waals surface area contributed by atoms with Gasteiger partial charge in [0.1, 0.15) is 11.8 Å². The topological polar surface area (TPSA) is 81.8 Å². The van der Waals surface area contributed by atoms with Crippen molar-refractivity contribution in [3.63, 3.8) is 0 Å². The smallest absolute Gasteiger partial charge is 0.153 e. The second kappa shape index (κ2) is 5.69. The maximum absolute atomic E-state index is 11.5. The number of hydrogen-bond donors (Lipinski definition) is 2. The Hall–Kier alpha value is -2.79. The summed E-state index contributed by atoms with van der Waals surface area (Å²) in [6, 6.07) is 15.0. The molecular weight excluding hydrogens is 304 g/mol. The van der Waals surface area contributed by atoms with E-state index in [1.165, 1.54) is 0 Å². The lowest BCUT2D eigenvalue weighted by atomic mass is 9.90. The van der Waals surface area contributed by atoms with Gasteiger partial charge in [0.05, 0.1) is 18.8 Å². The molecule has 0 spiro atoms. The first-order chi connectivity index (χ1) is 11.7. The van der Waals surface area contributed by atoms with Gasteiger partial charge in [-0.15, -0.1) is 0 Å². The van der Waals surface area contributed by atoms with Crippen molar-refractivity contribution in [2.24, 2.45) is 0 Å². The van der Waals surface area contributed by atoms with Gasteiger partial charge < -0.3 is 24.9 Å². The van der Waals surface area contributed by atoms with Crippen LogP contribution >= 0.6 is 0 Å². The fourth-order valence-corrected chi connectivity index (χ4v) is 3.60. The van der Waals surface area contributed by atoms with Crippen LogP contribution in [0.25, 0.3) is 10.9 Å². The quantitative estimate of drug-likeness (QED) is 0.737. The van der Waals surface area contributed by atoms with Crippen LogP contribution in [-0.4, -0.2) is 24.1 Å². The molecule has 0 bridgehead atoms. The average Bonchev–Trinajstić information content (AvgIpc) is 2.99. The molecule has 2 atom stereocenters. The molecule has 2 heterocycles. The summed E-state index contributed by atoms with van der Waals surface area (Å²) in [6.07, 6.45) is 0.460. The molecule has 1 aliphatic heterocycles. The van der Waals surface area contributed by atoms with E-state index in [1.54, 1.807) is 7.11 Å². The van der Waals surface area contributed by atoms with E-state index in [0.29, 0.717) is 6.42 Å². The minimum absolute atomic E-state index is 0.126. The normalized spacial score (nSPS) is 19.9. The van der Waals surface area contributed by atoms with Gasteiger partial charge in [0, 0.05) is 22.9 Å². The van der Waals surface area contributed by atoms with Crippen molar-refractivity contribution in [1.82, 2.24) is 4.98 Å². The number of methoxy groups -OCH3 is 1. The van der Waals surface area contributed by atoms with E-state index < -0.39 is 12.0 Å². The highest BCUT2D eigenvalue weighted by molar-refractivity contribution is 5.86. The number of carbonyl (C=O) groups is 1. The van der Waals surface area contributed by atoms with Crippen molar-refractivity contribution in [3.05, 3.63) is 65.4 Å². The molecule has 5 nitrogen and oxygen atoms in total. The van der Waals surface area contributed by atoms with E-state index in [-0.39, 0.29) is 6.04 Å². The molecule has 0 saturated carbocycles. The number of benzene rings is 2. The number of nitrogens with one attached hydrogen (secondary N) is 1. The zero-order valence-electron chi connectivity index (χ0n) is 13.3. The molecule has 1 aromatic heterocycles. The van der Waals surface area contributed by atoms with Crippen LogP contribution in [0.15, 0.2) is 48.5 Å². The lowest BCUT2D eigenvalue weighted by Crippen LogP contribution is -2.95. The summed E-state index contributed by atoms with van der Waals surface area (Å²) in [6.45, 7) is 0. The number of ether oxygens (including phenoxy) is 1. The number of aromatic amines is 1. The third kappa shape index (κ3) is 2.34. The van der Waals surface area contributed by atoms with Gasteiger partial charge in [0.2, 0.25) is 0 Å². The summed E-state index contributed by atoms with van der Waals surface area (Å²) in [5.74, 6) is -0.270. The molecule has 3 aromatic rings. The Morgan fingerprint density at radius 1 is 1.25 bits per heavy atom. The number of carboxylic acid groups (broad SMARTS) is 1. The zero-order chi connectivity index (χ0) is 16.7. The first-order valence-electron chi connectivity index (χ1n) is 7.96. The second-order valence-electron chi connectivity index (χ2n) is 6.14. The van der Waals surface area contributed by atoms with Crippen molar-refractivity contribution in [3.8, 4) is 5.75 Å². The first-order valence-corrected chi connectivity index (χ1v) is 7.96. The zero-order valence-corrected chi connectivity index (χ0v) is 13.3. The van der Waals surface area contributed by atoms with Gasteiger partial charge in [-0.2, -0.15) is 0 Å². The minimum Gasteiger partial charge on any atom is -0.544 e. The van der Waals surface area contributed by atoms with Crippen LogP contribution in [0, 0.1) is 0 Å². The number of rotatable bonds is 3. The Balaban J connectivity index is 1.89. The highest BCUT2D eigenvalue weighted by Gasteiger charge is 2.34. The summed E-state index contributed by atoms with van der Waals surface area (Å²) in [5.41, 5.74) is 4.16. The van der Waals surface area contributed by atoms with Gasteiger partial charge in [-0.3, -0.25) is 0 Å². The Labute approximate surface area is 139 Å². The standard InChI is InChI=1S/C19H18N2O3/c1-24-12-6-4-5-11(9-12)17-18-14(10-16(21-17)19(22)23)13-7-2-3-8-15(13)20-18/h2-9,16-17,20-21H,10H2,1H3,(H,22,23)/t16-,17+/m1/s1. The number of aliphatic carboxylic acids is 1. The van der Waals surface area contributed by atoms with Crippen LogP contribution in [0.4, 0.5) is 0 Å². The molecule has 4 rings (SSSR count). The number of para-hydroxylation sites is 1. The van der Waals surface area contributed by atoms with E-state index in [1.807, 2.05) is 53.8 Å². The fourth-order valence-electron chi connectivity index (χ4n) is 3.60. The molecule has 1 aliphatic rings. The van der Waals surface area contributed by atoms with E-state index in [9.17, 15) is 9.90 Å². The first kappa shape index (κ1) is 14.8. The molecular formula is C19H18N2O3. The summed E-state index contributed by atoms with van der Waals surface area (Å²) >= 11 is 0. The molecule has 0 fully saturated rings. The number of fused-ring (bicyclic) bond motifs is 3. The van der Waals surface area contributed by atoms with Crippen molar-refractivity contribution in [2.45, 2.75) is 18.5 Å². The number of nitrogens with two attached hydrogens (primary N) is 1. The molecule has 0 saturated heterocycles. The maximum atomic E-state index is 11.5. The molecule has 24 heavy (non-hydrogen) atoms. The maximum Gasteiger partial charge on any atom is 0.153 e. The van der Waals surface area contributed by atoms with Crippen LogP contribution < -0.4 is 15.2 Å². The Morgan fingerprint density at radius 3 is 2.88 bits per heavy atom. The highest BCUT2D eigenvalue weighted by Crippen LogP contribution is 2.32. The number of H-pyrrole nitrogens is 1. The van der Waals surface area contributed by atoms with Gasteiger partial charge in [0.25, 0.3) is 0 Å². The largest absolute Gasteiger partial charge is 0.544 e. The van der Waals surface area contributed by atoms with Gasteiger partial charge in [-0.05, 0) is 23.8 Å². The minimum atomic E-state index is -1.03. The Bertz CT molecular complexity index is 916. The van der Waals surface area contributed by atoms with E-state index in [0.717, 1.165) is 33.5 Å². The van der Waals surface area contributed by atoms with Crippen molar-refractivity contribution in [1.29, 1.82) is 0 Å². The summed E-state index contributed by atoms with van der Waals surface area (Å²) in [7, 11) is 1.63. The molecule has 0 amide bonds. The van der Waals surface area contributed by atoms with Gasteiger partial charge in [-0.25, -0.2) is 0 Å². The average molecular weight is 322 g/mol. The van der Waals surface area contributed by atoms with Crippen LogP contribution in [0.2, 0.25) is 0 Å². The number of aromatic nitrogens is 1. The summed E-state index contributed by atoms with van der Waals surface area (Å²) in [5, 5.41) is 14.5. The van der Waals surface area contributed by atoms with E-state index >= 15 is 0 Å².